The zero-order chi connectivity index (χ0) is 12.5. The van der Waals surface area contributed by atoms with Crippen molar-refractivity contribution in [2.45, 2.75) is 44.9 Å². The highest BCUT2D eigenvalue weighted by molar-refractivity contribution is 5.85. The van der Waals surface area contributed by atoms with E-state index in [4.69, 9.17) is 9.40 Å². The highest BCUT2D eigenvalue weighted by Gasteiger charge is 2.18. The minimum absolute atomic E-state index is 0.626. The Labute approximate surface area is 108 Å². The minimum atomic E-state index is 0.626. The lowest BCUT2D eigenvalue weighted by Gasteiger charge is -2.20. The van der Waals surface area contributed by atoms with Crippen LogP contribution in [0.4, 0.5) is 0 Å². The number of furan rings is 1. The largest absolute Gasteiger partial charge is 0.442 e. The van der Waals surface area contributed by atoms with E-state index in [9.17, 15) is 0 Å². The Kier molecular flexibility index (Phi) is 2.94. The second-order valence-corrected chi connectivity index (χ2v) is 5.20. The summed E-state index contributed by atoms with van der Waals surface area (Å²) in [5.74, 6) is 1.54. The first-order valence-corrected chi connectivity index (χ1v) is 6.82. The van der Waals surface area contributed by atoms with Crippen LogP contribution >= 0.6 is 0 Å². The summed E-state index contributed by atoms with van der Waals surface area (Å²) in [7, 11) is 0. The molecule has 1 saturated carbocycles. The molecule has 0 aromatic carbocycles. The molecule has 2 aromatic rings. The second kappa shape index (κ2) is 4.60. The number of aromatic nitrogens is 1. The molecule has 1 fully saturated rings. The van der Waals surface area contributed by atoms with E-state index in [0.717, 1.165) is 22.4 Å². The fourth-order valence-electron chi connectivity index (χ4n) is 3.01. The van der Waals surface area contributed by atoms with Gasteiger partial charge >= 0.3 is 0 Å². The molecule has 0 spiro atoms. The van der Waals surface area contributed by atoms with Crippen molar-refractivity contribution in [1.82, 2.24) is 4.98 Å². The molecule has 0 saturated heterocycles. The summed E-state index contributed by atoms with van der Waals surface area (Å²) in [5, 5.41) is 1.09. The maximum Gasteiger partial charge on any atom is 0.227 e. The van der Waals surface area contributed by atoms with Crippen molar-refractivity contribution in [2.75, 3.05) is 0 Å². The molecular weight excluding hydrogens is 222 g/mol. The van der Waals surface area contributed by atoms with Gasteiger partial charge in [-0.15, -0.1) is 0 Å². The van der Waals surface area contributed by atoms with Gasteiger partial charge in [-0.2, -0.15) is 0 Å². The Morgan fingerprint density at radius 3 is 2.78 bits per heavy atom. The summed E-state index contributed by atoms with van der Waals surface area (Å²) < 4.78 is 5.74. The molecule has 0 aliphatic heterocycles. The predicted octanol–water partition coefficient (Wildman–Crippen LogP) is 4.83. The Hall–Kier alpha value is -1.57. The molecule has 2 heteroatoms. The van der Waals surface area contributed by atoms with Crippen molar-refractivity contribution in [1.29, 1.82) is 0 Å². The lowest BCUT2D eigenvalue weighted by molar-refractivity contribution is 0.435. The molecule has 2 aromatic heterocycles. The van der Waals surface area contributed by atoms with Crippen molar-refractivity contribution >= 4 is 17.2 Å². The summed E-state index contributed by atoms with van der Waals surface area (Å²) in [5.41, 5.74) is 3.05. The van der Waals surface area contributed by atoms with Crippen LogP contribution in [0.3, 0.4) is 0 Å². The molecule has 0 N–H and O–H groups in total. The van der Waals surface area contributed by atoms with Crippen LogP contribution in [0.5, 0.6) is 0 Å². The molecule has 3 rings (SSSR count). The second-order valence-electron chi connectivity index (χ2n) is 5.20. The molecule has 18 heavy (non-hydrogen) atoms. The van der Waals surface area contributed by atoms with Gasteiger partial charge in [-0.25, -0.2) is 4.98 Å². The average Bonchev–Trinajstić information content (AvgIpc) is 2.74. The fourth-order valence-corrected chi connectivity index (χ4v) is 3.01. The van der Waals surface area contributed by atoms with Crippen LogP contribution in [0.15, 0.2) is 23.1 Å². The lowest BCUT2D eigenvalue weighted by atomic mass is 9.86. The Bertz CT molecular complexity index is 576. The monoisotopic (exact) mass is 241 g/mol. The van der Waals surface area contributed by atoms with Gasteiger partial charge in [0, 0.05) is 22.6 Å². The maximum atomic E-state index is 5.74. The lowest BCUT2D eigenvalue weighted by Crippen LogP contribution is -2.06. The standard InChI is InChI=1S/C16H19NO/c1-3-13-11(2)18-16-14(13)9-10-15(17-16)12-7-5-4-6-8-12/h3,9-10,12H,1,4-8H2,2H3. The number of aryl methyl sites for hydroxylation is 1. The van der Waals surface area contributed by atoms with Gasteiger partial charge in [-0.05, 0) is 31.9 Å². The molecule has 0 amide bonds. The molecule has 1 aliphatic rings. The predicted molar refractivity (Wildman–Crippen MR) is 74.7 cm³/mol. The van der Waals surface area contributed by atoms with E-state index >= 15 is 0 Å². The molecule has 2 nitrogen and oxygen atoms in total. The summed E-state index contributed by atoms with van der Waals surface area (Å²) in [6.45, 7) is 5.81. The highest BCUT2D eigenvalue weighted by atomic mass is 16.3. The third-order valence-corrected chi connectivity index (χ3v) is 4.03. The minimum Gasteiger partial charge on any atom is -0.442 e. The molecule has 0 atom stereocenters. The summed E-state index contributed by atoms with van der Waals surface area (Å²) in [6, 6.07) is 4.31. The van der Waals surface area contributed by atoms with Gasteiger partial charge in [0.15, 0.2) is 0 Å². The average molecular weight is 241 g/mol. The zero-order valence-electron chi connectivity index (χ0n) is 10.9. The molecular formula is C16H19NO. The number of nitrogens with zero attached hydrogens (tertiary/aromatic N) is 1. The Balaban J connectivity index is 2.03. The molecule has 1 aliphatic carbocycles. The van der Waals surface area contributed by atoms with Crippen molar-refractivity contribution < 1.29 is 4.42 Å². The van der Waals surface area contributed by atoms with Gasteiger partial charge in [-0.1, -0.05) is 31.9 Å². The quantitative estimate of drug-likeness (QED) is 0.752. The van der Waals surface area contributed by atoms with Crippen molar-refractivity contribution in [3.8, 4) is 0 Å². The number of fused-ring (bicyclic) bond motifs is 1. The van der Waals surface area contributed by atoms with E-state index in [1.165, 1.54) is 37.8 Å². The third-order valence-electron chi connectivity index (χ3n) is 4.03. The topological polar surface area (TPSA) is 26.0 Å². The molecule has 0 bridgehead atoms. The number of pyridine rings is 1. The van der Waals surface area contributed by atoms with Crippen LogP contribution in [-0.2, 0) is 0 Å². The SMILES string of the molecule is C=Cc1c(C)oc2nc(C3CCCCC3)ccc12. The maximum absolute atomic E-state index is 5.74. The molecule has 2 heterocycles. The molecule has 0 unspecified atom stereocenters. The Morgan fingerprint density at radius 2 is 2.06 bits per heavy atom. The fraction of sp³-hybridized carbons (Fsp3) is 0.438. The van der Waals surface area contributed by atoms with E-state index < -0.39 is 0 Å². The number of hydrogen-bond acceptors (Lipinski definition) is 2. The zero-order valence-corrected chi connectivity index (χ0v) is 10.9. The molecule has 0 radical (unpaired) electrons. The van der Waals surface area contributed by atoms with Gasteiger partial charge in [-0.3, -0.25) is 0 Å². The van der Waals surface area contributed by atoms with E-state index in [2.05, 4.69) is 18.7 Å². The van der Waals surface area contributed by atoms with Crippen LogP contribution in [0.2, 0.25) is 0 Å². The highest BCUT2D eigenvalue weighted by Crippen LogP contribution is 2.33. The summed E-state index contributed by atoms with van der Waals surface area (Å²) in [6.07, 6.45) is 8.43. The first-order valence-electron chi connectivity index (χ1n) is 6.82. The van der Waals surface area contributed by atoms with E-state index in [1.807, 2.05) is 13.0 Å². The van der Waals surface area contributed by atoms with Crippen LogP contribution in [0, 0.1) is 6.92 Å². The van der Waals surface area contributed by atoms with Crippen LogP contribution in [0.1, 0.15) is 55.0 Å². The molecule has 94 valence electrons. The smallest absolute Gasteiger partial charge is 0.227 e. The van der Waals surface area contributed by atoms with Crippen molar-refractivity contribution in [3.63, 3.8) is 0 Å². The van der Waals surface area contributed by atoms with Crippen LogP contribution in [-0.4, -0.2) is 4.98 Å². The van der Waals surface area contributed by atoms with Gasteiger partial charge < -0.3 is 4.42 Å². The van der Waals surface area contributed by atoms with Gasteiger partial charge in [0.1, 0.15) is 5.76 Å². The van der Waals surface area contributed by atoms with E-state index in [1.54, 1.807) is 0 Å². The van der Waals surface area contributed by atoms with Gasteiger partial charge in [0.25, 0.3) is 0 Å². The van der Waals surface area contributed by atoms with Gasteiger partial charge in [0.05, 0.1) is 0 Å². The van der Waals surface area contributed by atoms with E-state index in [-0.39, 0.29) is 0 Å². The number of rotatable bonds is 2. The first kappa shape index (κ1) is 11.5. The summed E-state index contributed by atoms with van der Waals surface area (Å²) in [4.78, 5) is 4.71. The summed E-state index contributed by atoms with van der Waals surface area (Å²) >= 11 is 0. The van der Waals surface area contributed by atoms with E-state index in [0.29, 0.717) is 5.92 Å². The van der Waals surface area contributed by atoms with Gasteiger partial charge in [0.2, 0.25) is 5.71 Å². The third kappa shape index (κ3) is 1.86. The van der Waals surface area contributed by atoms with Crippen LogP contribution in [0.25, 0.3) is 17.2 Å². The van der Waals surface area contributed by atoms with Crippen molar-refractivity contribution in [2.24, 2.45) is 0 Å². The first-order chi connectivity index (χ1) is 8.79. The van der Waals surface area contributed by atoms with Crippen LogP contribution < -0.4 is 0 Å². The Morgan fingerprint density at radius 1 is 1.28 bits per heavy atom. The number of hydrogen-bond donors (Lipinski definition) is 0. The van der Waals surface area contributed by atoms with Crippen molar-refractivity contribution in [3.05, 3.63) is 35.7 Å². The normalized spacial score (nSPS) is 17.2.